The third-order valence-electron chi connectivity index (χ3n) is 4.40. The quantitative estimate of drug-likeness (QED) is 0.779. The van der Waals surface area contributed by atoms with E-state index in [1.165, 1.54) is 0 Å². The van der Waals surface area contributed by atoms with Crippen LogP contribution in [0.1, 0.15) is 20.3 Å². The van der Waals surface area contributed by atoms with E-state index in [4.69, 9.17) is 5.73 Å². The molecule has 0 aromatic carbocycles. The summed E-state index contributed by atoms with van der Waals surface area (Å²) in [5, 5.41) is 3.93. The molecule has 3 unspecified atom stereocenters. The second-order valence-corrected chi connectivity index (χ2v) is 5.65. The van der Waals surface area contributed by atoms with Crippen LogP contribution < -0.4 is 5.73 Å². The molecule has 2 aliphatic heterocycles. The van der Waals surface area contributed by atoms with Crippen molar-refractivity contribution in [3.63, 3.8) is 0 Å². The summed E-state index contributed by atoms with van der Waals surface area (Å²) in [4.78, 5) is 16.8. The molecule has 0 radical (unpaired) electrons. The Kier molecular flexibility index (Phi) is 6.22. The molecule has 2 saturated heterocycles. The van der Waals surface area contributed by atoms with Crippen molar-refractivity contribution in [3.05, 3.63) is 0 Å². The molecule has 2 rings (SSSR count). The second-order valence-electron chi connectivity index (χ2n) is 5.65. The Hall–Kier alpha value is -0.400. The maximum atomic E-state index is 12.2. The number of nitrogens with zero attached hydrogens (tertiary/aromatic N) is 4. The minimum Gasteiger partial charge on any atom is -0.317 e. The monoisotopic (exact) mass is 305 g/mol. The SMILES string of the molecule is CCN1C(=O)C(N)C(N2CCC(N(C)C)C2)N1CC.Cl. The number of hydrazine groups is 1. The third-order valence-corrected chi connectivity index (χ3v) is 4.40. The Balaban J connectivity index is 0.00000200. The summed E-state index contributed by atoms with van der Waals surface area (Å²) in [6.07, 6.45) is 1.18. The van der Waals surface area contributed by atoms with E-state index in [0.717, 1.165) is 26.1 Å². The number of hydrogen-bond donors (Lipinski definition) is 1. The van der Waals surface area contributed by atoms with Crippen molar-refractivity contribution in [3.8, 4) is 0 Å². The Labute approximate surface area is 128 Å². The van der Waals surface area contributed by atoms with Crippen LogP contribution in [0, 0.1) is 0 Å². The van der Waals surface area contributed by atoms with Crippen molar-refractivity contribution in [2.24, 2.45) is 5.73 Å². The first-order valence-electron chi connectivity index (χ1n) is 7.25. The lowest BCUT2D eigenvalue weighted by atomic mass is 10.2. The first-order valence-corrected chi connectivity index (χ1v) is 7.25. The van der Waals surface area contributed by atoms with Gasteiger partial charge in [0.05, 0.1) is 0 Å². The number of rotatable bonds is 4. The van der Waals surface area contributed by atoms with Gasteiger partial charge in [0.15, 0.2) is 0 Å². The minimum atomic E-state index is -0.416. The molecule has 20 heavy (non-hydrogen) atoms. The first kappa shape index (κ1) is 17.7. The molecule has 0 aliphatic carbocycles. The van der Waals surface area contributed by atoms with Gasteiger partial charge in [-0.05, 0) is 27.4 Å². The highest BCUT2D eigenvalue weighted by Crippen LogP contribution is 2.26. The fraction of sp³-hybridized carbons (Fsp3) is 0.923. The largest absolute Gasteiger partial charge is 0.317 e. The van der Waals surface area contributed by atoms with Crippen LogP contribution in [0.3, 0.4) is 0 Å². The standard InChI is InChI=1S/C13H27N5O.ClH/c1-5-17-12(11(14)13(19)18(17)6-2)16-8-7-10(9-16)15(3)4;/h10-12H,5-9,14H2,1-4H3;1H. The molecule has 2 aliphatic rings. The highest BCUT2D eigenvalue weighted by atomic mass is 35.5. The number of nitrogens with two attached hydrogens (primary N) is 1. The van der Waals surface area contributed by atoms with Gasteiger partial charge in [-0.1, -0.05) is 6.92 Å². The Morgan fingerprint density at radius 3 is 2.40 bits per heavy atom. The van der Waals surface area contributed by atoms with E-state index < -0.39 is 6.04 Å². The molecule has 2 heterocycles. The Morgan fingerprint density at radius 2 is 1.95 bits per heavy atom. The van der Waals surface area contributed by atoms with Gasteiger partial charge in [0.1, 0.15) is 12.2 Å². The smallest absolute Gasteiger partial charge is 0.256 e. The van der Waals surface area contributed by atoms with E-state index in [0.29, 0.717) is 12.6 Å². The number of halogens is 1. The lowest BCUT2D eigenvalue weighted by molar-refractivity contribution is -0.140. The van der Waals surface area contributed by atoms with Crippen LogP contribution in [0.5, 0.6) is 0 Å². The Bertz CT molecular complexity index is 341. The molecule has 0 aromatic rings. The Morgan fingerprint density at radius 1 is 1.30 bits per heavy atom. The van der Waals surface area contributed by atoms with Gasteiger partial charge in [0.2, 0.25) is 0 Å². The number of amides is 1. The molecule has 2 fully saturated rings. The van der Waals surface area contributed by atoms with E-state index >= 15 is 0 Å². The zero-order chi connectivity index (χ0) is 14.2. The fourth-order valence-corrected chi connectivity index (χ4v) is 3.30. The molecule has 118 valence electrons. The minimum absolute atomic E-state index is 0. The number of carbonyl (C=O) groups excluding carboxylic acids is 1. The average Bonchev–Trinajstić information content (AvgIpc) is 2.94. The van der Waals surface area contributed by atoms with Crippen molar-refractivity contribution >= 4 is 18.3 Å². The molecule has 0 bridgehead atoms. The molecule has 3 atom stereocenters. The van der Waals surface area contributed by atoms with Crippen LogP contribution in [0.4, 0.5) is 0 Å². The maximum Gasteiger partial charge on any atom is 0.256 e. The van der Waals surface area contributed by atoms with E-state index in [1.807, 2.05) is 6.92 Å². The predicted molar refractivity (Wildman–Crippen MR) is 82.4 cm³/mol. The van der Waals surface area contributed by atoms with Gasteiger partial charge >= 0.3 is 0 Å². The van der Waals surface area contributed by atoms with Crippen LogP contribution in [0.2, 0.25) is 0 Å². The topological polar surface area (TPSA) is 56.1 Å². The van der Waals surface area contributed by atoms with E-state index in [-0.39, 0.29) is 24.5 Å². The van der Waals surface area contributed by atoms with Crippen LogP contribution >= 0.6 is 12.4 Å². The number of likely N-dealkylation sites (N-methyl/N-ethyl adjacent to an activating group) is 3. The summed E-state index contributed by atoms with van der Waals surface area (Å²) in [6.45, 7) is 7.61. The van der Waals surface area contributed by atoms with Gasteiger partial charge in [-0.25, -0.2) is 0 Å². The van der Waals surface area contributed by atoms with Crippen LogP contribution in [0.15, 0.2) is 0 Å². The fourth-order valence-electron chi connectivity index (χ4n) is 3.30. The van der Waals surface area contributed by atoms with Crippen molar-refractivity contribution in [1.82, 2.24) is 19.8 Å². The molecular weight excluding hydrogens is 278 g/mol. The summed E-state index contributed by atoms with van der Waals surface area (Å²) < 4.78 is 0. The number of carbonyl (C=O) groups is 1. The van der Waals surface area contributed by atoms with E-state index in [1.54, 1.807) is 5.01 Å². The van der Waals surface area contributed by atoms with E-state index in [2.05, 4.69) is 35.8 Å². The second kappa shape index (κ2) is 7.04. The molecule has 6 nitrogen and oxygen atoms in total. The predicted octanol–water partition coefficient (Wildman–Crippen LogP) is -0.203. The molecule has 2 N–H and O–H groups in total. The first-order chi connectivity index (χ1) is 9.01. The lowest BCUT2D eigenvalue weighted by Gasteiger charge is -2.35. The maximum absolute atomic E-state index is 12.2. The summed E-state index contributed by atoms with van der Waals surface area (Å²) in [7, 11) is 4.23. The van der Waals surface area contributed by atoms with Crippen LogP contribution in [-0.2, 0) is 4.79 Å². The molecule has 7 heteroatoms. The van der Waals surface area contributed by atoms with Gasteiger partial charge in [-0.3, -0.25) is 14.7 Å². The van der Waals surface area contributed by atoms with Crippen LogP contribution in [0.25, 0.3) is 0 Å². The van der Waals surface area contributed by atoms with Crippen molar-refractivity contribution in [1.29, 1.82) is 0 Å². The molecule has 0 aromatic heterocycles. The van der Waals surface area contributed by atoms with E-state index in [9.17, 15) is 4.79 Å². The number of hydrogen-bond acceptors (Lipinski definition) is 5. The van der Waals surface area contributed by atoms with Gasteiger partial charge in [0.25, 0.3) is 5.91 Å². The number of likely N-dealkylation sites (tertiary alicyclic amines) is 1. The van der Waals surface area contributed by atoms with Crippen LogP contribution in [-0.4, -0.2) is 84.2 Å². The third kappa shape index (κ3) is 2.94. The molecule has 0 spiro atoms. The summed E-state index contributed by atoms with van der Waals surface area (Å²) in [5.74, 6) is 0.0580. The van der Waals surface area contributed by atoms with Gasteiger partial charge in [-0.15, -0.1) is 12.4 Å². The summed E-state index contributed by atoms with van der Waals surface area (Å²) >= 11 is 0. The summed E-state index contributed by atoms with van der Waals surface area (Å²) in [5.41, 5.74) is 6.17. The van der Waals surface area contributed by atoms with Gasteiger partial charge in [0, 0.05) is 32.2 Å². The van der Waals surface area contributed by atoms with Gasteiger partial charge < -0.3 is 10.6 Å². The highest BCUT2D eigenvalue weighted by Gasteiger charge is 2.47. The van der Waals surface area contributed by atoms with Gasteiger partial charge in [-0.2, -0.15) is 5.01 Å². The normalized spacial score (nSPS) is 32.2. The zero-order valence-corrected chi connectivity index (χ0v) is 13.8. The molecule has 0 saturated carbocycles. The molecular formula is C13H28ClN5O. The van der Waals surface area contributed by atoms with Crippen molar-refractivity contribution < 1.29 is 4.79 Å². The lowest BCUT2D eigenvalue weighted by Crippen LogP contribution is -2.54. The summed E-state index contributed by atoms with van der Waals surface area (Å²) in [6, 6.07) is 0.150. The van der Waals surface area contributed by atoms with Crippen molar-refractivity contribution in [2.45, 2.75) is 38.5 Å². The molecule has 1 amide bonds. The highest BCUT2D eigenvalue weighted by molar-refractivity contribution is 5.85. The zero-order valence-electron chi connectivity index (χ0n) is 13.0. The average molecular weight is 306 g/mol. The van der Waals surface area contributed by atoms with Crippen molar-refractivity contribution in [2.75, 3.05) is 40.3 Å².